The molecule has 2 nitrogen and oxygen atoms in total. The summed E-state index contributed by atoms with van der Waals surface area (Å²) < 4.78 is 0. The van der Waals surface area contributed by atoms with Crippen molar-refractivity contribution >= 4 is 0 Å². The number of aromatic nitrogens is 2. The molecule has 0 fully saturated rings. The summed E-state index contributed by atoms with van der Waals surface area (Å²) in [4.78, 5) is 8.69. The van der Waals surface area contributed by atoms with Gasteiger partial charge < -0.3 is 0 Å². The summed E-state index contributed by atoms with van der Waals surface area (Å²) in [6, 6.07) is 0. The van der Waals surface area contributed by atoms with Gasteiger partial charge in [0.25, 0.3) is 0 Å². The van der Waals surface area contributed by atoms with Crippen LogP contribution in [0, 0.1) is 20.8 Å². The van der Waals surface area contributed by atoms with Crippen LogP contribution in [0.15, 0.2) is 0 Å². The van der Waals surface area contributed by atoms with Crippen LogP contribution in [-0.4, -0.2) is 9.97 Å². The maximum atomic E-state index is 4.34. The largest absolute Gasteiger partial charge is 0.238 e. The van der Waals surface area contributed by atoms with E-state index >= 15 is 0 Å². The molecule has 0 saturated carbocycles. The molecule has 0 bridgehead atoms. The third kappa shape index (κ3) is 3.09. The molecule has 0 aromatic carbocycles. The molecular formula is C12H22N2. The van der Waals surface area contributed by atoms with Crippen molar-refractivity contribution in [3.8, 4) is 0 Å². The zero-order chi connectivity index (χ0) is 11.3. The second-order valence-electron chi connectivity index (χ2n) is 3.51. The van der Waals surface area contributed by atoms with Gasteiger partial charge in [-0.1, -0.05) is 27.7 Å². The van der Waals surface area contributed by atoms with Crippen LogP contribution >= 0.6 is 0 Å². The molecule has 1 aromatic rings. The molecule has 0 aliphatic rings. The topological polar surface area (TPSA) is 25.8 Å². The van der Waals surface area contributed by atoms with Gasteiger partial charge in [-0.15, -0.1) is 0 Å². The smallest absolute Gasteiger partial charge is 0.125 e. The highest BCUT2D eigenvalue weighted by atomic mass is 14.9. The maximum Gasteiger partial charge on any atom is 0.125 e. The van der Waals surface area contributed by atoms with Gasteiger partial charge in [0.05, 0.1) is 0 Å². The summed E-state index contributed by atoms with van der Waals surface area (Å²) in [6.07, 6.45) is 0. The van der Waals surface area contributed by atoms with Gasteiger partial charge in [0.2, 0.25) is 0 Å². The Hall–Kier alpha value is -0.920. The summed E-state index contributed by atoms with van der Waals surface area (Å²) in [5.41, 5.74) is 3.53. The molecule has 0 saturated heterocycles. The van der Waals surface area contributed by atoms with Crippen molar-refractivity contribution in [1.82, 2.24) is 9.97 Å². The molecule has 0 amide bonds. The van der Waals surface area contributed by atoms with Gasteiger partial charge in [0.1, 0.15) is 5.82 Å². The van der Waals surface area contributed by atoms with Crippen LogP contribution in [0.1, 0.15) is 56.4 Å². The van der Waals surface area contributed by atoms with Crippen LogP contribution in [0.3, 0.4) is 0 Å². The molecule has 0 radical (unpaired) electrons. The van der Waals surface area contributed by atoms with E-state index in [0.717, 1.165) is 17.2 Å². The lowest BCUT2D eigenvalue weighted by Gasteiger charge is -2.11. The van der Waals surface area contributed by atoms with Crippen LogP contribution in [0.25, 0.3) is 0 Å². The summed E-state index contributed by atoms with van der Waals surface area (Å²) in [6.45, 7) is 14.4. The Morgan fingerprint density at radius 1 is 0.857 bits per heavy atom. The minimum Gasteiger partial charge on any atom is -0.238 e. The van der Waals surface area contributed by atoms with Gasteiger partial charge in [0.15, 0.2) is 0 Å². The molecule has 0 unspecified atom stereocenters. The highest BCUT2D eigenvalue weighted by Gasteiger charge is 2.09. The fourth-order valence-electron chi connectivity index (χ4n) is 1.73. The Kier molecular flexibility index (Phi) is 5.36. The van der Waals surface area contributed by atoms with Gasteiger partial charge in [-0.2, -0.15) is 0 Å². The second-order valence-corrected chi connectivity index (χ2v) is 3.51. The van der Waals surface area contributed by atoms with E-state index in [4.69, 9.17) is 0 Å². The molecule has 1 aromatic heterocycles. The SMILES string of the molecule is CC.Cc1nc(C)c(C(C)C)c(C)n1. The van der Waals surface area contributed by atoms with E-state index in [-0.39, 0.29) is 0 Å². The van der Waals surface area contributed by atoms with E-state index in [1.807, 2.05) is 20.8 Å². The number of hydrogen-bond acceptors (Lipinski definition) is 2. The van der Waals surface area contributed by atoms with E-state index in [9.17, 15) is 0 Å². The monoisotopic (exact) mass is 194 g/mol. The zero-order valence-electron chi connectivity index (χ0n) is 10.5. The minimum absolute atomic E-state index is 0.519. The lowest BCUT2D eigenvalue weighted by molar-refractivity contribution is 0.800. The predicted octanol–water partition coefficient (Wildman–Crippen LogP) is 3.55. The van der Waals surface area contributed by atoms with E-state index in [1.165, 1.54) is 5.56 Å². The first-order valence-electron chi connectivity index (χ1n) is 5.34. The van der Waals surface area contributed by atoms with Crippen molar-refractivity contribution in [1.29, 1.82) is 0 Å². The van der Waals surface area contributed by atoms with Crippen LogP contribution in [-0.2, 0) is 0 Å². The van der Waals surface area contributed by atoms with Crippen molar-refractivity contribution in [3.63, 3.8) is 0 Å². The minimum atomic E-state index is 0.519. The van der Waals surface area contributed by atoms with Crippen molar-refractivity contribution in [2.24, 2.45) is 0 Å². The van der Waals surface area contributed by atoms with E-state index in [0.29, 0.717) is 5.92 Å². The molecule has 1 heterocycles. The molecule has 0 spiro atoms. The average Bonchev–Trinajstić information content (AvgIpc) is 2.04. The zero-order valence-corrected chi connectivity index (χ0v) is 10.5. The summed E-state index contributed by atoms with van der Waals surface area (Å²) in [5.74, 6) is 1.39. The first-order valence-corrected chi connectivity index (χ1v) is 5.34. The molecule has 80 valence electrons. The first kappa shape index (κ1) is 13.1. The van der Waals surface area contributed by atoms with Gasteiger partial charge in [-0.25, -0.2) is 9.97 Å². The number of rotatable bonds is 1. The molecule has 0 aliphatic carbocycles. The van der Waals surface area contributed by atoms with Crippen molar-refractivity contribution < 1.29 is 0 Å². The lowest BCUT2D eigenvalue weighted by Crippen LogP contribution is -2.03. The molecule has 0 atom stereocenters. The molecule has 0 aliphatic heterocycles. The maximum absolute atomic E-state index is 4.34. The molecule has 14 heavy (non-hydrogen) atoms. The molecular weight excluding hydrogens is 172 g/mol. The number of hydrogen-bond donors (Lipinski definition) is 0. The molecule has 1 rings (SSSR count). The summed E-state index contributed by atoms with van der Waals surface area (Å²) in [5, 5.41) is 0. The normalized spacial score (nSPS) is 9.71. The van der Waals surface area contributed by atoms with Crippen molar-refractivity contribution in [2.45, 2.75) is 54.4 Å². The lowest BCUT2D eigenvalue weighted by atomic mass is 10.0. The van der Waals surface area contributed by atoms with E-state index in [2.05, 4.69) is 37.7 Å². The third-order valence-electron chi connectivity index (χ3n) is 2.02. The van der Waals surface area contributed by atoms with Crippen LogP contribution in [0.2, 0.25) is 0 Å². The second kappa shape index (κ2) is 5.74. The van der Waals surface area contributed by atoms with Crippen LogP contribution in [0.4, 0.5) is 0 Å². The third-order valence-corrected chi connectivity index (χ3v) is 2.02. The van der Waals surface area contributed by atoms with E-state index in [1.54, 1.807) is 0 Å². The number of nitrogens with zero attached hydrogens (tertiary/aromatic N) is 2. The van der Waals surface area contributed by atoms with E-state index < -0.39 is 0 Å². The predicted molar refractivity (Wildman–Crippen MR) is 61.7 cm³/mol. The summed E-state index contributed by atoms with van der Waals surface area (Å²) in [7, 11) is 0. The fraction of sp³-hybridized carbons (Fsp3) is 0.667. The van der Waals surface area contributed by atoms with Gasteiger partial charge in [-0.3, -0.25) is 0 Å². The Morgan fingerprint density at radius 3 is 1.50 bits per heavy atom. The molecule has 2 heteroatoms. The average molecular weight is 194 g/mol. The highest BCUT2D eigenvalue weighted by Crippen LogP contribution is 2.19. The van der Waals surface area contributed by atoms with Crippen molar-refractivity contribution in [3.05, 3.63) is 22.8 Å². The van der Waals surface area contributed by atoms with Crippen LogP contribution < -0.4 is 0 Å². The fourth-order valence-corrected chi connectivity index (χ4v) is 1.73. The quantitative estimate of drug-likeness (QED) is 0.683. The summed E-state index contributed by atoms with van der Waals surface area (Å²) >= 11 is 0. The Bertz CT molecular complexity index is 267. The highest BCUT2D eigenvalue weighted by molar-refractivity contribution is 5.27. The standard InChI is InChI=1S/C10H16N2.C2H6/c1-6(2)10-7(3)11-9(5)12-8(10)4;1-2/h6H,1-5H3;1-2H3. The van der Waals surface area contributed by atoms with Gasteiger partial charge in [-0.05, 0) is 32.3 Å². The van der Waals surface area contributed by atoms with Gasteiger partial charge in [0, 0.05) is 11.4 Å². The molecule has 0 N–H and O–H groups in total. The first-order chi connectivity index (χ1) is 6.52. The van der Waals surface area contributed by atoms with Gasteiger partial charge >= 0.3 is 0 Å². The van der Waals surface area contributed by atoms with Crippen LogP contribution in [0.5, 0.6) is 0 Å². The Labute approximate surface area is 87.8 Å². The Balaban J connectivity index is 0.000000791. The number of aryl methyl sites for hydroxylation is 3. The van der Waals surface area contributed by atoms with Crippen molar-refractivity contribution in [2.75, 3.05) is 0 Å². The Morgan fingerprint density at radius 2 is 1.21 bits per heavy atom.